The summed E-state index contributed by atoms with van der Waals surface area (Å²) in [6.07, 6.45) is 7.47. The number of rotatable bonds is 5. The summed E-state index contributed by atoms with van der Waals surface area (Å²) < 4.78 is 1.16. The van der Waals surface area contributed by atoms with E-state index >= 15 is 0 Å². The molecular formula is C15H22BrNS. The second-order valence-electron chi connectivity index (χ2n) is 4.99. The van der Waals surface area contributed by atoms with Gasteiger partial charge in [0.2, 0.25) is 0 Å². The Morgan fingerprint density at radius 2 is 2.06 bits per heavy atom. The first-order valence-electron chi connectivity index (χ1n) is 6.79. The highest BCUT2D eigenvalue weighted by Gasteiger charge is 2.28. The predicted molar refractivity (Wildman–Crippen MR) is 85.3 cm³/mol. The summed E-state index contributed by atoms with van der Waals surface area (Å²) in [6.45, 7) is 2.27. The molecule has 3 unspecified atom stereocenters. The van der Waals surface area contributed by atoms with Crippen LogP contribution in [0, 0.1) is 0 Å². The molecule has 0 heterocycles. The fraction of sp³-hybridized carbons (Fsp3) is 0.600. The molecule has 100 valence electrons. The topological polar surface area (TPSA) is 12.0 Å². The first-order valence-corrected chi connectivity index (χ1v) is 8.87. The van der Waals surface area contributed by atoms with Crippen molar-refractivity contribution in [1.82, 2.24) is 5.32 Å². The largest absolute Gasteiger partial charge is 0.306 e. The smallest absolute Gasteiger partial charge is 0.0320 e. The number of hydrogen-bond acceptors (Lipinski definition) is 2. The molecule has 1 fully saturated rings. The van der Waals surface area contributed by atoms with Crippen molar-refractivity contribution in [1.29, 1.82) is 0 Å². The molecule has 1 aliphatic rings. The maximum absolute atomic E-state index is 3.87. The van der Waals surface area contributed by atoms with Crippen LogP contribution in [0.25, 0.3) is 0 Å². The highest BCUT2D eigenvalue weighted by atomic mass is 79.9. The van der Waals surface area contributed by atoms with Gasteiger partial charge in [0, 0.05) is 21.8 Å². The number of hydrogen-bond donors (Lipinski definition) is 1. The van der Waals surface area contributed by atoms with Crippen LogP contribution in [0.4, 0.5) is 0 Å². The molecule has 1 aromatic rings. The molecule has 2 rings (SSSR count). The summed E-state index contributed by atoms with van der Waals surface area (Å²) in [7, 11) is 0. The normalized spacial score (nSPS) is 25.3. The zero-order valence-electron chi connectivity index (χ0n) is 11.2. The Balaban J connectivity index is 2.02. The van der Waals surface area contributed by atoms with Gasteiger partial charge in [0.15, 0.2) is 0 Å². The third kappa shape index (κ3) is 3.52. The van der Waals surface area contributed by atoms with Gasteiger partial charge in [-0.2, -0.15) is 11.8 Å². The monoisotopic (exact) mass is 327 g/mol. The zero-order chi connectivity index (χ0) is 13.0. The number of nitrogens with one attached hydrogen (secondary N) is 1. The summed E-state index contributed by atoms with van der Waals surface area (Å²) in [5, 5.41) is 4.67. The van der Waals surface area contributed by atoms with Gasteiger partial charge in [0.05, 0.1) is 0 Å². The molecule has 0 aliphatic heterocycles. The number of halogens is 1. The van der Waals surface area contributed by atoms with Gasteiger partial charge in [0.1, 0.15) is 0 Å². The van der Waals surface area contributed by atoms with E-state index in [0.29, 0.717) is 12.1 Å². The van der Waals surface area contributed by atoms with Crippen molar-refractivity contribution in [2.24, 2.45) is 0 Å². The molecule has 0 radical (unpaired) electrons. The lowest BCUT2D eigenvalue weighted by Gasteiger charge is -2.26. The molecule has 1 aliphatic carbocycles. The van der Waals surface area contributed by atoms with Crippen LogP contribution in [-0.2, 0) is 0 Å². The Morgan fingerprint density at radius 1 is 1.33 bits per heavy atom. The second kappa shape index (κ2) is 6.97. The van der Waals surface area contributed by atoms with E-state index in [0.717, 1.165) is 16.1 Å². The Morgan fingerprint density at radius 3 is 2.67 bits per heavy atom. The fourth-order valence-electron chi connectivity index (χ4n) is 2.80. The minimum atomic E-state index is 0.496. The van der Waals surface area contributed by atoms with Crippen LogP contribution in [0.3, 0.4) is 0 Å². The highest BCUT2D eigenvalue weighted by molar-refractivity contribution is 9.10. The molecule has 1 nitrogen and oxygen atoms in total. The first-order chi connectivity index (χ1) is 8.74. The van der Waals surface area contributed by atoms with Crippen molar-refractivity contribution < 1.29 is 0 Å². The molecule has 3 atom stereocenters. The Bertz CT molecular complexity index is 365. The van der Waals surface area contributed by atoms with Gasteiger partial charge in [-0.05, 0) is 43.2 Å². The van der Waals surface area contributed by atoms with E-state index in [4.69, 9.17) is 0 Å². The van der Waals surface area contributed by atoms with E-state index in [1.165, 1.54) is 24.8 Å². The molecule has 0 bridgehead atoms. The quantitative estimate of drug-likeness (QED) is 0.835. The van der Waals surface area contributed by atoms with Crippen molar-refractivity contribution in [3.63, 3.8) is 0 Å². The minimum Gasteiger partial charge on any atom is -0.306 e. The maximum atomic E-state index is 3.87. The van der Waals surface area contributed by atoms with E-state index in [1.807, 2.05) is 11.8 Å². The molecular weight excluding hydrogens is 306 g/mol. The highest BCUT2D eigenvalue weighted by Crippen LogP contribution is 2.31. The summed E-state index contributed by atoms with van der Waals surface area (Å²) >= 11 is 5.52. The van der Waals surface area contributed by atoms with Crippen molar-refractivity contribution in [2.45, 2.75) is 49.9 Å². The summed E-state index contributed by atoms with van der Waals surface area (Å²) in [5.74, 6) is 0. The van der Waals surface area contributed by atoms with Crippen LogP contribution in [0.2, 0.25) is 0 Å². The van der Waals surface area contributed by atoms with Crippen molar-refractivity contribution in [3.05, 3.63) is 34.3 Å². The van der Waals surface area contributed by atoms with E-state index < -0.39 is 0 Å². The van der Waals surface area contributed by atoms with E-state index in [2.05, 4.69) is 58.7 Å². The van der Waals surface area contributed by atoms with E-state index in [-0.39, 0.29) is 0 Å². The van der Waals surface area contributed by atoms with Crippen LogP contribution in [0.15, 0.2) is 28.7 Å². The summed E-state index contributed by atoms with van der Waals surface area (Å²) in [6, 6.07) is 9.92. The lowest BCUT2D eigenvalue weighted by molar-refractivity contribution is 0.435. The van der Waals surface area contributed by atoms with Crippen molar-refractivity contribution >= 4 is 27.7 Å². The molecule has 1 aromatic carbocycles. The third-order valence-electron chi connectivity index (χ3n) is 3.85. The molecule has 0 saturated heterocycles. The molecule has 0 amide bonds. The Labute approximate surface area is 123 Å². The van der Waals surface area contributed by atoms with E-state index in [1.54, 1.807) is 0 Å². The average molecular weight is 328 g/mol. The lowest BCUT2D eigenvalue weighted by Crippen LogP contribution is -2.36. The zero-order valence-corrected chi connectivity index (χ0v) is 13.6. The SMILES string of the molecule is CCC(NC1CCCC1SC)c1ccc(Br)cc1. The molecule has 1 saturated carbocycles. The fourth-order valence-corrected chi connectivity index (χ4v) is 4.01. The summed E-state index contributed by atoms with van der Waals surface area (Å²) in [5.41, 5.74) is 1.41. The average Bonchev–Trinajstić information content (AvgIpc) is 2.84. The van der Waals surface area contributed by atoms with Crippen LogP contribution in [0.1, 0.15) is 44.2 Å². The maximum Gasteiger partial charge on any atom is 0.0320 e. The van der Waals surface area contributed by atoms with Crippen molar-refractivity contribution in [3.8, 4) is 0 Å². The van der Waals surface area contributed by atoms with Crippen LogP contribution < -0.4 is 5.32 Å². The molecule has 0 spiro atoms. The molecule has 3 heteroatoms. The minimum absolute atomic E-state index is 0.496. The lowest BCUT2D eigenvalue weighted by atomic mass is 10.0. The van der Waals surface area contributed by atoms with Gasteiger partial charge >= 0.3 is 0 Å². The second-order valence-corrected chi connectivity index (χ2v) is 6.98. The van der Waals surface area contributed by atoms with Gasteiger partial charge in [-0.1, -0.05) is 41.4 Å². The molecule has 0 aromatic heterocycles. The van der Waals surface area contributed by atoms with Gasteiger partial charge in [0.25, 0.3) is 0 Å². The Hall–Kier alpha value is 0.01000. The summed E-state index contributed by atoms with van der Waals surface area (Å²) in [4.78, 5) is 0. The number of benzene rings is 1. The van der Waals surface area contributed by atoms with Gasteiger partial charge in [-0.3, -0.25) is 0 Å². The molecule has 1 N–H and O–H groups in total. The predicted octanol–water partition coefficient (Wildman–Crippen LogP) is 4.77. The van der Waals surface area contributed by atoms with Crippen LogP contribution in [-0.4, -0.2) is 17.5 Å². The molecule has 18 heavy (non-hydrogen) atoms. The van der Waals surface area contributed by atoms with Crippen LogP contribution in [0.5, 0.6) is 0 Å². The Kier molecular flexibility index (Phi) is 5.58. The first kappa shape index (κ1) is 14.4. The standard InChI is InChI=1S/C15H22BrNS/c1-3-13(11-7-9-12(16)10-8-11)17-14-5-4-6-15(14)18-2/h7-10,13-15,17H,3-6H2,1-2H3. The van der Waals surface area contributed by atoms with Gasteiger partial charge in [-0.25, -0.2) is 0 Å². The van der Waals surface area contributed by atoms with Gasteiger partial charge < -0.3 is 5.32 Å². The van der Waals surface area contributed by atoms with Crippen molar-refractivity contribution in [2.75, 3.05) is 6.26 Å². The third-order valence-corrected chi connectivity index (χ3v) is 5.55. The van der Waals surface area contributed by atoms with E-state index in [9.17, 15) is 0 Å². The van der Waals surface area contributed by atoms with Crippen LogP contribution >= 0.6 is 27.7 Å². The van der Waals surface area contributed by atoms with Gasteiger partial charge in [-0.15, -0.1) is 0 Å². The number of thioether (sulfide) groups is 1.